The number of thiophene rings is 1. The summed E-state index contributed by atoms with van der Waals surface area (Å²) in [4.78, 5) is 21.4. The van der Waals surface area contributed by atoms with Crippen molar-refractivity contribution in [1.29, 1.82) is 0 Å². The lowest BCUT2D eigenvalue weighted by atomic mass is 10.1. The molecule has 0 bridgehead atoms. The van der Waals surface area contributed by atoms with Crippen LogP contribution in [0.3, 0.4) is 0 Å². The zero-order chi connectivity index (χ0) is 15.4. The summed E-state index contributed by atoms with van der Waals surface area (Å²) in [7, 11) is 0. The molecule has 22 heavy (non-hydrogen) atoms. The van der Waals surface area contributed by atoms with Crippen molar-refractivity contribution in [1.82, 2.24) is 15.2 Å². The second kappa shape index (κ2) is 7.03. The first kappa shape index (κ1) is 15.2. The molecule has 0 radical (unpaired) electrons. The highest BCUT2D eigenvalue weighted by atomic mass is 32.1. The number of rotatable bonds is 5. The second-order valence-electron chi connectivity index (χ2n) is 5.75. The van der Waals surface area contributed by atoms with E-state index in [1.54, 1.807) is 23.7 Å². The standard InChI is InChI=1S/C17H21N3OS/c1-13-2-3-16(22-13)12-20(11-14-4-7-18-8-5-14)17(21)15-6-9-19-10-15/h2-5,7-8,15,19H,6,9-12H2,1H3/t15-/m0/s1. The number of carbonyl (C=O) groups is 1. The van der Waals surface area contributed by atoms with Crippen molar-refractivity contribution in [2.24, 2.45) is 5.92 Å². The van der Waals surface area contributed by atoms with Crippen LogP contribution in [0.1, 0.15) is 21.7 Å². The highest BCUT2D eigenvalue weighted by Crippen LogP contribution is 2.21. The number of aryl methyl sites for hydroxylation is 1. The molecule has 1 atom stereocenters. The summed E-state index contributed by atoms with van der Waals surface area (Å²) in [6, 6.07) is 8.20. The number of aromatic nitrogens is 1. The maximum atomic E-state index is 12.8. The van der Waals surface area contributed by atoms with E-state index in [0.29, 0.717) is 13.1 Å². The van der Waals surface area contributed by atoms with E-state index in [-0.39, 0.29) is 11.8 Å². The van der Waals surface area contributed by atoms with E-state index in [4.69, 9.17) is 0 Å². The summed E-state index contributed by atoms with van der Waals surface area (Å²) in [6.07, 6.45) is 4.50. The highest BCUT2D eigenvalue weighted by Gasteiger charge is 2.27. The molecule has 1 fully saturated rings. The van der Waals surface area contributed by atoms with Gasteiger partial charge < -0.3 is 10.2 Å². The predicted octanol–water partition coefficient (Wildman–Crippen LogP) is 2.59. The number of nitrogens with zero attached hydrogens (tertiary/aromatic N) is 2. The van der Waals surface area contributed by atoms with E-state index in [2.05, 4.69) is 29.4 Å². The van der Waals surface area contributed by atoms with Crippen LogP contribution in [0.5, 0.6) is 0 Å². The number of amides is 1. The van der Waals surface area contributed by atoms with Crippen LogP contribution in [-0.4, -0.2) is 28.9 Å². The minimum atomic E-state index is 0.114. The van der Waals surface area contributed by atoms with Crippen LogP contribution in [0.2, 0.25) is 0 Å². The monoisotopic (exact) mass is 315 g/mol. The van der Waals surface area contributed by atoms with Gasteiger partial charge >= 0.3 is 0 Å². The first-order valence-electron chi connectivity index (χ1n) is 7.66. The van der Waals surface area contributed by atoms with Gasteiger partial charge in [0.2, 0.25) is 5.91 Å². The molecule has 1 aliphatic heterocycles. The van der Waals surface area contributed by atoms with Crippen molar-refractivity contribution < 1.29 is 4.79 Å². The topological polar surface area (TPSA) is 45.2 Å². The largest absolute Gasteiger partial charge is 0.333 e. The number of nitrogens with one attached hydrogen (secondary N) is 1. The Morgan fingerprint density at radius 2 is 2.14 bits per heavy atom. The van der Waals surface area contributed by atoms with Gasteiger partial charge in [0.05, 0.1) is 12.5 Å². The van der Waals surface area contributed by atoms with Crippen LogP contribution in [-0.2, 0) is 17.9 Å². The van der Waals surface area contributed by atoms with Crippen molar-refractivity contribution >= 4 is 17.2 Å². The number of pyridine rings is 1. The van der Waals surface area contributed by atoms with Gasteiger partial charge in [-0.05, 0) is 49.7 Å². The van der Waals surface area contributed by atoms with Gasteiger partial charge in [0.15, 0.2) is 0 Å². The molecule has 1 amide bonds. The van der Waals surface area contributed by atoms with Gasteiger partial charge in [0.25, 0.3) is 0 Å². The molecule has 3 rings (SSSR count). The molecule has 1 saturated heterocycles. The fraction of sp³-hybridized carbons (Fsp3) is 0.412. The molecule has 2 aromatic rings. The Morgan fingerprint density at radius 1 is 1.32 bits per heavy atom. The van der Waals surface area contributed by atoms with E-state index in [9.17, 15) is 4.79 Å². The quantitative estimate of drug-likeness (QED) is 0.922. The Kier molecular flexibility index (Phi) is 4.85. The van der Waals surface area contributed by atoms with Crippen LogP contribution in [0.4, 0.5) is 0 Å². The number of hydrogen-bond donors (Lipinski definition) is 1. The summed E-state index contributed by atoms with van der Waals surface area (Å²) in [6.45, 7) is 5.18. The summed E-state index contributed by atoms with van der Waals surface area (Å²) in [5.41, 5.74) is 1.13. The van der Waals surface area contributed by atoms with E-state index in [1.807, 2.05) is 17.0 Å². The predicted molar refractivity (Wildman–Crippen MR) is 88.5 cm³/mol. The van der Waals surface area contributed by atoms with E-state index in [1.165, 1.54) is 9.75 Å². The number of carbonyl (C=O) groups excluding carboxylic acids is 1. The molecule has 4 nitrogen and oxygen atoms in total. The molecule has 1 aliphatic rings. The molecule has 0 aromatic carbocycles. The maximum absolute atomic E-state index is 12.8. The lowest BCUT2D eigenvalue weighted by Crippen LogP contribution is -2.36. The van der Waals surface area contributed by atoms with Crippen LogP contribution < -0.4 is 5.32 Å². The molecule has 0 saturated carbocycles. The molecule has 3 heterocycles. The highest BCUT2D eigenvalue weighted by molar-refractivity contribution is 7.11. The van der Waals surface area contributed by atoms with Gasteiger partial charge in [-0.25, -0.2) is 0 Å². The Labute approximate surface area is 135 Å². The van der Waals surface area contributed by atoms with Gasteiger partial charge in [-0.15, -0.1) is 11.3 Å². The van der Waals surface area contributed by atoms with Crippen LogP contribution >= 0.6 is 11.3 Å². The average Bonchev–Trinajstić information content (AvgIpc) is 3.19. The first-order chi connectivity index (χ1) is 10.7. The molecular formula is C17H21N3OS. The van der Waals surface area contributed by atoms with Crippen molar-refractivity contribution in [3.8, 4) is 0 Å². The lowest BCUT2D eigenvalue weighted by molar-refractivity contribution is -0.136. The Morgan fingerprint density at radius 3 is 2.77 bits per heavy atom. The van der Waals surface area contributed by atoms with Crippen LogP contribution in [0, 0.1) is 12.8 Å². The SMILES string of the molecule is Cc1ccc(CN(Cc2ccncc2)C(=O)[C@H]2CCNC2)s1. The summed E-state index contributed by atoms with van der Waals surface area (Å²) >= 11 is 1.76. The Bertz CT molecular complexity index is 620. The molecule has 0 spiro atoms. The van der Waals surface area contributed by atoms with Gasteiger partial charge in [0.1, 0.15) is 0 Å². The van der Waals surface area contributed by atoms with Crippen molar-refractivity contribution in [2.45, 2.75) is 26.4 Å². The average molecular weight is 315 g/mol. The molecule has 116 valence electrons. The van der Waals surface area contributed by atoms with Crippen molar-refractivity contribution in [3.05, 3.63) is 52.0 Å². The second-order valence-corrected chi connectivity index (χ2v) is 7.12. The zero-order valence-electron chi connectivity index (χ0n) is 12.8. The van der Waals surface area contributed by atoms with Crippen molar-refractivity contribution in [3.63, 3.8) is 0 Å². The molecule has 5 heteroatoms. The fourth-order valence-corrected chi connectivity index (χ4v) is 3.71. The summed E-state index contributed by atoms with van der Waals surface area (Å²) in [5, 5.41) is 3.29. The third kappa shape index (κ3) is 3.72. The smallest absolute Gasteiger partial charge is 0.227 e. The first-order valence-corrected chi connectivity index (χ1v) is 8.48. The third-order valence-corrected chi connectivity index (χ3v) is 4.97. The Hall–Kier alpha value is -1.72. The van der Waals surface area contributed by atoms with Gasteiger partial charge in [-0.2, -0.15) is 0 Å². The van der Waals surface area contributed by atoms with Gasteiger partial charge in [0, 0.05) is 35.2 Å². The Balaban J connectivity index is 1.76. The molecule has 0 aliphatic carbocycles. The van der Waals surface area contributed by atoms with E-state index < -0.39 is 0 Å². The zero-order valence-corrected chi connectivity index (χ0v) is 13.6. The van der Waals surface area contributed by atoms with Gasteiger partial charge in [-0.3, -0.25) is 9.78 Å². The minimum Gasteiger partial charge on any atom is -0.333 e. The lowest BCUT2D eigenvalue weighted by Gasteiger charge is -2.25. The molecule has 0 unspecified atom stereocenters. The summed E-state index contributed by atoms with van der Waals surface area (Å²) in [5.74, 6) is 0.371. The molecular weight excluding hydrogens is 294 g/mol. The number of hydrogen-bond acceptors (Lipinski definition) is 4. The normalized spacial score (nSPS) is 17.6. The summed E-state index contributed by atoms with van der Waals surface area (Å²) < 4.78 is 0. The fourth-order valence-electron chi connectivity index (χ4n) is 2.80. The third-order valence-electron chi connectivity index (χ3n) is 3.99. The maximum Gasteiger partial charge on any atom is 0.227 e. The van der Waals surface area contributed by atoms with Crippen molar-refractivity contribution in [2.75, 3.05) is 13.1 Å². The van der Waals surface area contributed by atoms with Gasteiger partial charge in [-0.1, -0.05) is 0 Å². The minimum absolute atomic E-state index is 0.114. The van der Waals surface area contributed by atoms with Crippen LogP contribution in [0.25, 0.3) is 0 Å². The molecule has 2 aromatic heterocycles. The molecule has 1 N–H and O–H groups in total. The van der Waals surface area contributed by atoms with Crippen LogP contribution in [0.15, 0.2) is 36.7 Å². The van der Waals surface area contributed by atoms with E-state index in [0.717, 1.165) is 25.1 Å². The van der Waals surface area contributed by atoms with E-state index >= 15 is 0 Å².